The summed E-state index contributed by atoms with van der Waals surface area (Å²) >= 11 is 0. The first kappa shape index (κ1) is 9.27. The van der Waals surface area contributed by atoms with Crippen molar-refractivity contribution in [3.05, 3.63) is 28.7 Å². The predicted octanol–water partition coefficient (Wildman–Crippen LogP) is 0.600. The van der Waals surface area contributed by atoms with Crippen LogP contribution in [0.1, 0.15) is 6.92 Å². The van der Waals surface area contributed by atoms with E-state index in [9.17, 15) is 4.79 Å². The largest absolute Gasteiger partial charge is 0.377 e. The van der Waals surface area contributed by atoms with Crippen molar-refractivity contribution < 1.29 is 4.74 Å². The van der Waals surface area contributed by atoms with E-state index in [-0.39, 0.29) is 5.56 Å². The molecule has 1 aromatic heterocycles. The van der Waals surface area contributed by atoms with E-state index in [2.05, 4.69) is 16.8 Å². The monoisotopic (exact) mass is 194 g/mol. The zero-order valence-corrected chi connectivity index (χ0v) is 8.19. The number of ether oxygens (including phenoxy) is 1. The number of nitrogens with zero attached hydrogens (tertiary/aromatic N) is 1. The number of aromatic nitrogens is 1. The number of anilines is 1. The van der Waals surface area contributed by atoms with Crippen molar-refractivity contribution in [1.29, 1.82) is 0 Å². The Hall–Kier alpha value is -1.29. The third-order valence-electron chi connectivity index (χ3n) is 2.46. The lowest BCUT2D eigenvalue weighted by molar-refractivity contribution is 0.0989. The second-order valence-electron chi connectivity index (χ2n) is 3.53. The van der Waals surface area contributed by atoms with Gasteiger partial charge in [-0.25, -0.2) is 0 Å². The lowest BCUT2D eigenvalue weighted by Gasteiger charge is -2.34. The van der Waals surface area contributed by atoms with Gasteiger partial charge in [-0.05, 0) is 13.0 Å². The first-order valence-corrected chi connectivity index (χ1v) is 4.80. The van der Waals surface area contributed by atoms with Crippen LogP contribution in [0.5, 0.6) is 0 Å². The number of hydrogen-bond acceptors (Lipinski definition) is 3. The summed E-state index contributed by atoms with van der Waals surface area (Å²) in [5, 5.41) is 0. The van der Waals surface area contributed by atoms with Gasteiger partial charge in [-0.15, -0.1) is 0 Å². The standard InChI is InChI=1S/C10H14N2O2/c1-8-7-14-5-4-12(8)9-2-3-11-10(13)6-9/h2-3,6,8H,4-5,7H2,1H3,(H,11,13)/t8-/m1/s1. The number of aromatic amines is 1. The van der Waals surface area contributed by atoms with Crippen LogP contribution in [-0.2, 0) is 4.74 Å². The molecule has 1 saturated heterocycles. The van der Waals surface area contributed by atoms with Crippen LogP contribution < -0.4 is 10.5 Å². The Labute approximate surface area is 82.5 Å². The summed E-state index contributed by atoms with van der Waals surface area (Å²) in [6, 6.07) is 3.89. The van der Waals surface area contributed by atoms with Crippen LogP contribution in [0.2, 0.25) is 0 Å². The molecule has 0 aromatic carbocycles. The Morgan fingerprint density at radius 1 is 1.64 bits per heavy atom. The fourth-order valence-electron chi connectivity index (χ4n) is 1.72. The van der Waals surface area contributed by atoms with Crippen LogP contribution >= 0.6 is 0 Å². The summed E-state index contributed by atoms with van der Waals surface area (Å²) < 4.78 is 5.34. The second kappa shape index (κ2) is 3.84. The third kappa shape index (κ3) is 1.80. The Kier molecular flexibility index (Phi) is 2.54. The molecule has 4 nitrogen and oxygen atoms in total. The lowest BCUT2D eigenvalue weighted by atomic mass is 10.2. The van der Waals surface area contributed by atoms with E-state index in [4.69, 9.17) is 4.74 Å². The first-order valence-electron chi connectivity index (χ1n) is 4.80. The van der Waals surface area contributed by atoms with Crippen molar-refractivity contribution in [2.75, 3.05) is 24.7 Å². The van der Waals surface area contributed by atoms with E-state index in [1.54, 1.807) is 12.3 Å². The molecule has 76 valence electrons. The molecular formula is C10H14N2O2. The lowest BCUT2D eigenvalue weighted by Crippen LogP contribution is -2.44. The van der Waals surface area contributed by atoms with Gasteiger partial charge in [0.05, 0.1) is 13.2 Å². The van der Waals surface area contributed by atoms with Gasteiger partial charge in [-0.2, -0.15) is 0 Å². The average molecular weight is 194 g/mol. The quantitative estimate of drug-likeness (QED) is 0.712. The van der Waals surface area contributed by atoms with E-state index in [1.165, 1.54) is 0 Å². The van der Waals surface area contributed by atoms with Gasteiger partial charge >= 0.3 is 0 Å². The molecule has 2 rings (SSSR count). The van der Waals surface area contributed by atoms with Crippen LogP contribution in [0.25, 0.3) is 0 Å². The molecule has 4 heteroatoms. The van der Waals surface area contributed by atoms with E-state index < -0.39 is 0 Å². The predicted molar refractivity (Wildman–Crippen MR) is 54.7 cm³/mol. The molecule has 0 radical (unpaired) electrons. The van der Waals surface area contributed by atoms with E-state index in [0.29, 0.717) is 6.04 Å². The van der Waals surface area contributed by atoms with Crippen molar-refractivity contribution in [2.24, 2.45) is 0 Å². The molecule has 1 N–H and O–H groups in total. The van der Waals surface area contributed by atoms with Crippen molar-refractivity contribution >= 4 is 5.69 Å². The molecule has 14 heavy (non-hydrogen) atoms. The molecule has 0 unspecified atom stereocenters. The maximum atomic E-state index is 11.1. The number of H-pyrrole nitrogens is 1. The molecule has 0 aliphatic carbocycles. The maximum Gasteiger partial charge on any atom is 0.249 e. The minimum Gasteiger partial charge on any atom is -0.377 e. The summed E-state index contributed by atoms with van der Waals surface area (Å²) in [6.45, 7) is 4.41. The molecule has 0 amide bonds. The molecule has 1 aliphatic rings. The van der Waals surface area contributed by atoms with Gasteiger partial charge in [0.2, 0.25) is 5.56 Å². The zero-order valence-electron chi connectivity index (χ0n) is 8.19. The molecule has 1 aromatic rings. The number of morpholine rings is 1. The fourth-order valence-corrected chi connectivity index (χ4v) is 1.72. The van der Waals surface area contributed by atoms with Crippen LogP contribution in [0.3, 0.4) is 0 Å². The minimum absolute atomic E-state index is 0.0545. The van der Waals surface area contributed by atoms with Crippen LogP contribution in [0.15, 0.2) is 23.1 Å². The zero-order chi connectivity index (χ0) is 9.97. The molecular weight excluding hydrogens is 180 g/mol. The Morgan fingerprint density at radius 2 is 2.50 bits per heavy atom. The van der Waals surface area contributed by atoms with Crippen LogP contribution in [-0.4, -0.2) is 30.8 Å². The topological polar surface area (TPSA) is 45.3 Å². The number of pyridine rings is 1. The summed E-state index contributed by atoms with van der Waals surface area (Å²) in [7, 11) is 0. The van der Waals surface area contributed by atoms with Crippen molar-refractivity contribution in [1.82, 2.24) is 4.98 Å². The van der Waals surface area contributed by atoms with Gasteiger partial charge in [-0.1, -0.05) is 0 Å². The molecule has 0 saturated carbocycles. The second-order valence-corrected chi connectivity index (χ2v) is 3.53. The summed E-state index contributed by atoms with van der Waals surface area (Å²) in [4.78, 5) is 15.9. The summed E-state index contributed by atoms with van der Waals surface area (Å²) in [6.07, 6.45) is 1.68. The average Bonchev–Trinajstić information content (AvgIpc) is 2.18. The van der Waals surface area contributed by atoms with Crippen LogP contribution in [0.4, 0.5) is 5.69 Å². The van der Waals surface area contributed by atoms with Gasteiger partial charge in [-0.3, -0.25) is 4.79 Å². The first-order chi connectivity index (χ1) is 6.77. The van der Waals surface area contributed by atoms with E-state index >= 15 is 0 Å². The third-order valence-corrected chi connectivity index (χ3v) is 2.46. The van der Waals surface area contributed by atoms with Gasteiger partial charge in [0.15, 0.2) is 0 Å². The summed E-state index contributed by atoms with van der Waals surface area (Å²) in [5.74, 6) is 0. The number of nitrogens with one attached hydrogen (secondary N) is 1. The molecule has 0 bridgehead atoms. The number of hydrogen-bond donors (Lipinski definition) is 1. The van der Waals surface area contributed by atoms with Gasteiger partial charge in [0, 0.05) is 30.5 Å². The van der Waals surface area contributed by atoms with Gasteiger partial charge < -0.3 is 14.6 Å². The molecule has 1 aliphatic heterocycles. The van der Waals surface area contributed by atoms with Crippen molar-refractivity contribution in [3.8, 4) is 0 Å². The number of rotatable bonds is 1. The van der Waals surface area contributed by atoms with Gasteiger partial charge in [0.25, 0.3) is 0 Å². The SMILES string of the molecule is C[C@@H]1COCCN1c1cc[nH]c(=O)c1. The highest BCUT2D eigenvalue weighted by molar-refractivity contribution is 5.45. The highest BCUT2D eigenvalue weighted by Crippen LogP contribution is 2.16. The summed E-state index contributed by atoms with van der Waals surface area (Å²) in [5.41, 5.74) is 0.922. The minimum atomic E-state index is -0.0545. The smallest absolute Gasteiger partial charge is 0.249 e. The Bertz CT molecular complexity index is 361. The van der Waals surface area contributed by atoms with E-state index in [0.717, 1.165) is 25.4 Å². The van der Waals surface area contributed by atoms with Gasteiger partial charge in [0.1, 0.15) is 0 Å². The fraction of sp³-hybridized carbons (Fsp3) is 0.500. The molecule has 2 heterocycles. The Morgan fingerprint density at radius 3 is 3.21 bits per heavy atom. The molecule has 0 spiro atoms. The van der Waals surface area contributed by atoms with Crippen molar-refractivity contribution in [2.45, 2.75) is 13.0 Å². The van der Waals surface area contributed by atoms with Crippen LogP contribution in [0, 0.1) is 0 Å². The highest BCUT2D eigenvalue weighted by atomic mass is 16.5. The highest BCUT2D eigenvalue weighted by Gasteiger charge is 2.18. The molecule has 1 fully saturated rings. The Balaban J connectivity index is 2.24. The maximum absolute atomic E-state index is 11.1. The van der Waals surface area contributed by atoms with E-state index in [1.807, 2.05) is 6.07 Å². The van der Waals surface area contributed by atoms with Crippen molar-refractivity contribution in [3.63, 3.8) is 0 Å². The molecule has 1 atom stereocenters. The normalized spacial score (nSPS) is 22.4.